The fraction of sp³-hybridized carbons (Fsp3) is 0.200. The molecule has 0 saturated carbocycles. The van der Waals surface area contributed by atoms with Crippen LogP contribution < -0.4 is 15.8 Å². The van der Waals surface area contributed by atoms with Crippen molar-refractivity contribution in [1.82, 2.24) is 5.32 Å². The summed E-state index contributed by atoms with van der Waals surface area (Å²) in [5.41, 5.74) is 5.69. The van der Waals surface area contributed by atoms with Crippen LogP contribution in [-0.4, -0.2) is 18.9 Å². The van der Waals surface area contributed by atoms with E-state index in [-0.39, 0.29) is 11.1 Å². The van der Waals surface area contributed by atoms with Gasteiger partial charge in [0.1, 0.15) is 11.6 Å². The highest BCUT2D eigenvalue weighted by Gasteiger charge is 2.20. The van der Waals surface area contributed by atoms with E-state index in [0.717, 1.165) is 11.3 Å². The number of nitrogens with two attached hydrogens (primary N) is 1. The van der Waals surface area contributed by atoms with Crippen molar-refractivity contribution in [2.75, 3.05) is 7.11 Å². The molecule has 0 fully saturated rings. The summed E-state index contributed by atoms with van der Waals surface area (Å²) in [5.74, 6) is -1.11. The summed E-state index contributed by atoms with van der Waals surface area (Å²) < 4.78 is 19.1. The van der Waals surface area contributed by atoms with Crippen LogP contribution in [-0.2, 0) is 0 Å². The van der Waals surface area contributed by atoms with Gasteiger partial charge in [-0.2, -0.15) is 0 Å². The minimum atomic E-state index is -0.598. The number of hydrogen-bond donors (Lipinski definition) is 2. The van der Waals surface area contributed by atoms with E-state index in [4.69, 9.17) is 10.5 Å². The van der Waals surface area contributed by atoms with Gasteiger partial charge in [-0.1, -0.05) is 6.07 Å². The topological polar surface area (TPSA) is 81.4 Å². The standard InChI is InChI=1S/C15H15FN2O3S/c1-8(13-10(16)4-3-5-11(13)21-2)18-15(20)12-6-9(7-22-12)14(17)19/h3-8H,1-2H3,(H2,17,19)(H,18,20)/t8-/m1/s1. The smallest absolute Gasteiger partial charge is 0.261 e. The lowest BCUT2D eigenvalue weighted by atomic mass is 10.1. The number of primary amides is 1. The number of carbonyl (C=O) groups excluding carboxylic acids is 2. The van der Waals surface area contributed by atoms with Crippen molar-refractivity contribution in [3.63, 3.8) is 0 Å². The molecule has 5 nitrogen and oxygen atoms in total. The van der Waals surface area contributed by atoms with E-state index in [1.807, 2.05) is 0 Å². The van der Waals surface area contributed by atoms with Crippen LogP contribution in [0.5, 0.6) is 5.75 Å². The second kappa shape index (κ2) is 6.57. The van der Waals surface area contributed by atoms with E-state index in [9.17, 15) is 14.0 Å². The number of carbonyl (C=O) groups is 2. The van der Waals surface area contributed by atoms with E-state index in [1.54, 1.807) is 13.0 Å². The molecule has 1 aromatic carbocycles. The van der Waals surface area contributed by atoms with Gasteiger partial charge in [0.15, 0.2) is 0 Å². The first-order valence-corrected chi connectivity index (χ1v) is 7.33. The van der Waals surface area contributed by atoms with E-state index in [0.29, 0.717) is 10.6 Å². The highest BCUT2D eigenvalue weighted by atomic mass is 32.1. The summed E-state index contributed by atoms with van der Waals surface area (Å²) in [6, 6.07) is 5.27. The first-order chi connectivity index (χ1) is 10.4. The first-order valence-electron chi connectivity index (χ1n) is 6.45. The predicted octanol–water partition coefficient (Wildman–Crippen LogP) is 2.49. The molecule has 1 aromatic heterocycles. The largest absolute Gasteiger partial charge is 0.496 e. The predicted molar refractivity (Wildman–Crippen MR) is 81.7 cm³/mol. The van der Waals surface area contributed by atoms with Crippen LogP contribution >= 0.6 is 11.3 Å². The van der Waals surface area contributed by atoms with E-state index in [2.05, 4.69) is 5.32 Å². The van der Waals surface area contributed by atoms with Crippen LogP contribution in [0.1, 0.15) is 38.6 Å². The molecule has 1 atom stereocenters. The third-order valence-electron chi connectivity index (χ3n) is 3.12. The van der Waals surface area contributed by atoms with Crippen molar-refractivity contribution in [3.05, 3.63) is 51.5 Å². The van der Waals surface area contributed by atoms with Gasteiger partial charge >= 0.3 is 0 Å². The molecule has 0 bridgehead atoms. The Hall–Kier alpha value is -2.41. The second-order valence-electron chi connectivity index (χ2n) is 4.61. The van der Waals surface area contributed by atoms with Crippen LogP contribution in [0, 0.1) is 5.82 Å². The van der Waals surface area contributed by atoms with Crippen molar-refractivity contribution < 1.29 is 18.7 Å². The number of benzene rings is 1. The molecule has 7 heteroatoms. The Morgan fingerprint density at radius 1 is 1.41 bits per heavy atom. The molecule has 116 valence electrons. The van der Waals surface area contributed by atoms with E-state index in [1.165, 1.54) is 30.7 Å². The summed E-state index contributed by atoms with van der Waals surface area (Å²) in [7, 11) is 1.44. The average Bonchev–Trinajstić information content (AvgIpc) is 2.96. The maximum atomic E-state index is 14.0. The van der Waals surface area contributed by atoms with Gasteiger partial charge < -0.3 is 15.8 Å². The lowest BCUT2D eigenvalue weighted by Crippen LogP contribution is -2.27. The zero-order valence-corrected chi connectivity index (χ0v) is 12.9. The van der Waals surface area contributed by atoms with Gasteiger partial charge in [0.05, 0.1) is 29.2 Å². The number of hydrogen-bond acceptors (Lipinski definition) is 4. The van der Waals surface area contributed by atoms with Gasteiger partial charge in [-0.05, 0) is 25.1 Å². The van der Waals surface area contributed by atoms with Crippen LogP contribution in [0.3, 0.4) is 0 Å². The Morgan fingerprint density at radius 2 is 2.14 bits per heavy atom. The van der Waals surface area contributed by atoms with Crippen LogP contribution in [0.15, 0.2) is 29.6 Å². The van der Waals surface area contributed by atoms with Gasteiger partial charge in [-0.15, -0.1) is 11.3 Å². The van der Waals surface area contributed by atoms with Gasteiger partial charge in [0, 0.05) is 5.38 Å². The molecule has 3 N–H and O–H groups in total. The monoisotopic (exact) mass is 322 g/mol. The zero-order chi connectivity index (χ0) is 16.3. The maximum absolute atomic E-state index is 14.0. The number of nitrogens with one attached hydrogen (secondary N) is 1. The fourth-order valence-corrected chi connectivity index (χ4v) is 2.84. The quantitative estimate of drug-likeness (QED) is 0.887. The molecule has 0 aliphatic heterocycles. The summed E-state index contributed by atoms with van der Waals surface area (Å²) >= 11 is 1.10. The Bertz CT molecular complexity index is 715. The summed E-state index contributed by atoms with van der Waals surface area (Å²) in [6.07, 6.45) is 0. The SMILES string of the molecule is COc1cccc(F)c1[C@@H](C)NC(=O)c1cc(C(N)=O)cs1. The van der Waals surface area contributed by atoms with Crippen LogP contribution in [0.25, 0.3) is 0 Å². The second-order valence-corrected chi connectivity index (χ2v) is 5.53. The number of ether oxygens (including phenoxy) is 1. The molecule has 0 aliphatic carbocycles. The Morgan fingerprint density at radius 3 is 2.73 bits per heavy atom. The lowest BCUT2D eigenvalue weighted by molar-refractivity contribution is 0.0943. The molecule has 0 spiro atoms. The van der Waals surface area contributed by atoms with Crippen molar-refractivity contribution in [2.24, 2.45) is 5.73 Å². The molecule has 0 radical (unpaired) electrons. The molecular weight excluding hydrogens is 307 g/mol. The third kappa shape index (κ3) is 3.25. The van der Waals surface area contributed by atoms with Crippen molar-refractivity contribution >= 4 is 23.2 Å². The number of thiophene rings is 1. The highest BCUT2D eigenvalue weighted by molar-refractivity contribution is 7.12. The first kappa shape index (κ1) is 16.0. The number of rotatable bonds is 5. The van der Waals surface area contributed by atoms with Crippen LogP contribution in [0.2, 0.25) is 0 Å². The van der Waals surface area contributed by atoms with Gasteiger partial charge in [-0.25, -0.2) is 4.39 Å². The number of methoxy groups -OCH3 is 1. The number of halogens is 1. The van der Waals surface area contributed by atoms with Gasteiger partial charge in [-0.3, -0.25) is 9.59 Å². The summed E-state index contributed by atoms with van der Waals surface area (Å²) in [5, 5.41) is 4.19. The van der Waals surface area contributed by atoms with E-state index >= 15 is 0 Å². The molecule has 0 saturated heterocycles. The van der Waals surface area contributed by atoms with Gasteiger partial charge in [0.2, 0.25) is 5.91 Å². The van der Waals surface area contributed by atoms with Crippen molar-refractivity contribution in [2.45, 2.75) is 13.0 Å². The van der Waals surface area contributed by atoms with Crippen LogP contribution in [0.4, 0.5) is 4.39 Å². The minimum absolute atomic E-state index is 0.269. The Balaban J connectivity index is 2.19. The van der Waals surface area contributed by atoms with Gasteiger partial charge in [0.25, 0.3) is 5.91 Å². The molecular formula is C15H15FN2O3S. The summed E-state index contributed by atoms with van der Waals surface area (Å²) in [4.78, 5) is 23.5. The Labute approximate surface area is 130 Å². The Kier molecular flexibility index (Phi) is 4.77. The normalized spacial score (nSPS) is 11.8. The highest BCUT2D eigenvalue weighted by Crippen LogP contribution is 2.28. The molecule has 2 rings (SSSR count). The molecule has 2 amide bonds. The molecule has 0 unspecified atom stereocenters. The average molecular weight is 322 g/mol. The number of amides is 2. The molecule has 2 aromatic rings. The fourth-order valence-electron chi connectivity index (χ4n) is 2.04. The minimum Gasteiger partial charge on any atom is -0.496 e. The lowest BCUT2D eigenvalue weighted by Gasteiger charge is -2.17. The maximum Gasteiger partial charge on any atom is 0.261 e. The molecule has 1 heterocycles. The molecule has 0 aliphatic rings. The third-order valence-corrected chi connectivity index (χ3v) is 4.05. The zero-order valence-electron chi connectivity index (χ0n) is 12.1. The molecule has 22 heavy (non-hydrogen) atoms. The van der Waals surface area contributed by atoms with Crippen molar-refractivity contribution in [1.29, 1.82) is 0 Å². The summed E-state index contributed by atoms with van der Waals surface area (Å²) in [6.45, 7) is 1.65. The van der Waals surface area contributed by atoms with E-state index < -0.39 is 23.7 Å². The van der Waals surface area contributed by atoms with Crippen molar-refractivity contribution in [3.8, 4) is 5.75 Å².